The molecule has 12 heteroatoms. The van der Waals surface area contributed by atoms with E-state index in [9.17, 15) is 0 Å². The van der Waals surface area contributed by atoms with Gasteiger partial charge in [0.05, 0.1) is 23.1 Å². The number of rotatable bonds is 3. The Morgan fingerprint density at radius 1 is 1.23 bits per heavy atom. The van der Waals surface area contributed by atoms with Gasteiger partial charge in [0.1, 0.15) is 12.1 Å². The van der Waals surface area contributed by atoms with E-state index in [2.05, 4.69) is 20.1 Å². The number of ether oxygens (including phenoxy) is 1. The van der Waals surface area contributed by atoms with Crippen molar-refractivity contribution in [2.45, 2.75) is 28.7 Å². The van der Waals surface area contributed by atoms with Crippen molar-refractivity contribution in [3.8, 4) is 0 Å². The highest BCUT2D eigenvalue weighted by atomic mass is 35.5. The fraction of sp³-hybridized carbons (Fsp3) is 0.444. The van der Waals surface area contributed by atoms with Crippen molar-refractivity contribution in [1.82, 2.24) is 24.6 Å². The minimum atomic E-state index is 0.0793. The average Bonchev–Trinajstić information content (AvgIpc) is 3.35. The summed E-state index contributed by atoms with van der Waals surface area (Å²) >= 11 is 13.7. The van der Waals surface area contributed by atoms with Crippen LogP contribution in [0.2, 0.25) is 10.2 Å². The topological polar surface area (TPSA) is 120 Å². The smallest absolute Gasteiger partial charge is 0.212 e. The van der Waals surface area contributed by atoms with E-state index in [1.165, 1.54) is 11.8 Å². The van der Waals surface area contributed by atoms with Gasteiger partial charge in [-0.25, -0.2) is 14.4 Å². The molecule has 2 fully saturated rings. The first-order chi connectivity index (χ1) is 14.5. The Kier molecular flexibility index (Phi) is 5.14. The van der Waals surface area contributed by atoms with Crippen LogP contribution in [0.3, 0.4) is 0 Å². The van der Waals surface area contributed by atoms with Crippen LogP contribution in [0.4, 0.5) is 11.8 Å². The molecule has 0 amide bonds. The number of pyridine rings is 1. The number of nitrogen functional groups attached to an aromatic ring is 1. The van der Waals surface area contributed by atoms with Crippen molar-refractivity contribution < 1.29 is 4.74 Å². The lowest BCUT2D eigenvalue weighted by Crippen LogP contribution is -2.49. The lowest BCUT2D eigenvalue weighted by molar-refractivity contribution is 0.131. The molecule has 4 N–H and O–H groups in total. The first-order valence-corrected chi connectivity index (χ1v) is 11.1. The van der Waals surface area contributed by atoms with Gasteiger partial charge in [0.2, 0.25) is 5.95 Å². The molecule has 3 aromatic heterocycles. The number of nitrogens with two attached hydrogens (primary N) is 2. The van der Waals surface area contributed by atoms with E-state index in [1.807, 2.05) is 4.40 Å². The van der Waals surface area contributed by atoms with Crippen molar-refractivity contribution in [3.63, 3.8) is 0 Å². The van der Waals surface area contributed by atoms with Crippen LogP contribution in [0.5, 0.6) is 0 Å². The minimum absolute atomic E-state index is 0.0793. The number of hydrogen-bond donors (Lipinski definition) is 2. The average molecular weight is 467 g/mol. The maximum Gasteiger partial charge on any atom is 0.212 e. The number of halogens is 2. The van der Waals surface area contributed by atoms with Gasteiger partial charge in [-0.15, -0.1) is 10.2 Å². The van der Waals surface area contributed by atoms with Crippen molar-refractivity contribution >= 4 is 52.4 Å². The molecular formula is C18H20Cl2N8OS. The summed E-state index contributed by atoms with van der Waals surface area (Å²) in [6, 6.07) is 1.78. The van der Waals surface area contributed by atoms with Gasteiger partial charge in [0, 0.05) is 35.6 Å². The summed E-state index contributed by atoms with van der Waals surface area (Å²) in [7, 11) is 0. The van der Waals surface area contributed by atoms with E-state index in [-0.39, 0.29) is 16.6 Å². The third kappa shape index (κ3) is 3.36. The van der Waals surface area contributed by atoms with Crippen LogP contribution in [0.25, 0.3) is 5.65 Å². The first-order valence-electron chi connectivity index (χ1n) is 9.53. The van der Waals surface area contributed by atoms with E-state index in [1.54, 1.807) is 18.6 Å². The quantitative estimate of drug-likeness (QED) is 0.560. The number of aromatic nitrogens is 5. The van der Waals surface area contributed by atoms with Gasteiger partial charge in [0.25, 0.3) is 0 Å². The molecule has 0 aliphatic carbocycles. The predicted molar refractivity (Wildman–Crippen MR) is 116 cm³/mol. The second-order valence-corrected chi connectivity index (χ2v) is 9.49. The summed E-state index contributed by atoms with van der Waals surface area (Å²) in [5.41, 5.74) is 12.9. The number of piperidine rings is 1. The molecule has 5 heterocycles. The molecule has 0 radical (unpaired) electrons. The predicted octanol–water partition coefficient (Wildman–Crippen LogP) is 2.50. The molecule has 0 aromatic carbocycles. The Hall–Kier alpha value is -1.85. The van der Waals surface area contributed by atoms with E-state index >= 15 is 0 Å². The van der Waals surface area contributed by atoms with Crippen LogP contribution >= 0.6 is 35.0 Å². The normalized spacial score (nSPS) is 21.0. The Morgan fingerprint density at radius 2 is 2.03 bits per heavy atom. The maximum atomic E-state index is 6.31. The third-order valence-corrected chi connectivity index (χ3v) is 7.83. The van der Waals surface area contributed by atoms with Crippen molar-refractivity contribution in [2.75, 3.05) is 36.9 Å². The lowest BCUT2D eigenvalue weighted by Gasteiger charge is -2.41. The number of fused-ring (bicyclic) bond motifs is 1. The summed E-state index contributed by atoms with van der Waals surface area (Å²) in [5.74, 6) is 1.10. The second-order valence-electron chi connectivity index (χ2n) is 7.67. The molecule has 0 bridgehead atoms. The maximum absolute atomic E-state index is 6.31. The zero-order chi connectivity index (χ0) is 20.9. The number of nitrogens with zero attached hydrogens (tertiary/aromatic N) is 6. The molecule has 158 valence electrons. The first kappa shape index (κ1) is 20.1. The molecule has 2 aliphatic heterocycles. The van der Waals surface area contributed by atoms with Gasteiger partial charge in [-0.2, -0.15) is 0 Å². The highest BCUT2D eigenvalue weighted by Gasteiger charge is 2.44. The van der Waals surface area contributed by atoms with E-state index in [0.29, 0.717) is 28.0 Å². The highest BCUT2D eigenvalue weighted by molar-refractivity contribution is 7.99. The Balaban J connectivity index is 1.43. The standard InChI is InChI=1S/C18H20Cl2N8OS/c19-14-10(5-13(22)25-15(14)20)30-11-6-23-17(28-9-24-26-16(11)28)27-3-1-18(2-4-27)8-29-7-12(18)21/h5-6,9,12H,1-4,7-8,21H2,(H2,22,25)/t12-/m1/s1. The Morgan fingerprint density at radius 3 is 2.77 bits per heavy atom. The summed E-state index contributed by atoms with van der Waals surface area (Å²) in [4.78, 5) is 12.4. The van der Waals surface area contributed by atoms with Crippen LogP contribution in [0, 0.1) is 5.41 Å². The zero-order valence-corrected chi connectivity index (χ0v) is 18.3. The molecule has 3 aromatic rings. The lowest BCUT2D eigenvalue weighted by atomic mass is 9.75. The summed E-state index contributed by atoms with van der Waals surface area (Å²) in [6.07, 6.45) is 5.40. The summed E-state index contributed by atoms with van der Waals surface area (Å²) in [5, 5.41) is 8.89. The number of hydrogen-bond acceptors (Lipinski definition) is 9. The van der Waals surface area contributed by atoms with Gasteiger partial charge in [-0.1, -0.05) is 35.0 Å². The van der Waals surface area contributed by atoms with Crippen molar-refractivity contribution in [2.24, 2.45) is 11.1 Å². The largest absolute Gasteiger partial charge is 0.384 e. The Labute approximate surface area is 187 Å². The van der Waals surface area contributed by atoms with Crippen molar-refractivity contribution in [3.05, 3.63) is 28.8 Å². The second kappa shape index (κ2) is 7.69. The highest BCUT2D eigenvalue weighted by Crippen LogP contribution is 2.41. The molecule has 0 unspecified atom stereocenters. The van der Waals surface area contributed by atoms with E-state index in [4.69, 9.17) is 44.4 Å². The minimum Gasteiger partial charge on any atom is -0.384 e. The molecule has 1 spiro atoms. The molecule has 30 heavy (non-hydrogen) atoms. The van der Waals surface area contributed by atoms with Gasteiger partial charge in [-0.05, 0) is 18.9 Å². The molecule has 0 saturated carbocycles. The third-order valence-electron chi connectivity index (χ3n) is 5.92. The molecule has 2 saturated heterocycles. The summed E-state index contributed by atoms with van der Waals surface area (Å²) in [6.45, 7) is 3.09. The van der Waals surface area contributed by atoms with Crippen molar-refractivity contribution in [1.29, 1.82) is 0 Å². The SMILES string of the molecule is Nc1cc(Sc2cnc(N3CCC4(CC3)COC[C@H]4N)n3cnnc23)c(Cl)c(Cl)n1. The molecule has 1 atom stereocenters. The molecule has 2 aliphatic rings. The molecule has 9 nitrogen and oxygen atoms in total. The van der Waals surface area contributed by atoms with Gasteiger partial charge < -0.3 is 21.1 Å². The zero-order valence-electron chi connectivity index (χ0n) is 16.0. The van der Waals surface area contributed by atoms with Gasteiger partial charge in [0.15, 0.2) is 10.8 Å². The monoisotopic (exact) mass is 466 g/mol. The van der Waals surface area contributed by atoms with E-state index in [0.717, 1.165) is 43.4 Å². The van der Waals surface area contributed by atoms with Gasteiger partial charge in [-0.3, -0.25) is 0 Å². The van der Waals surface area contributed by atoms with Crippen LogP contribution in [-0.2, 0) is 4.74 Å². The fourth-order valence-electron chi connectivity index (χ4n) is 4.12. The Bertz CT molecular complexity index is 1100. The van der Waals surface area contributed by atoms with Crippen LogP contribution in [0.1, 0.15) is 12.8 Å². The number of anilines is 2. The summed E-state index contributed by atoms with van der Waals surface area (Å²) < 4.78 is 7.52. The van der Waals surface area contributed by atoms with E-state index < -0.39 is 0 Å². The molecular weight excluding hydrogens is 447 g/mol. The van der Waals surface area contributed by atoms with Crippen LogP contribution in [-0.4, -0.2) is 56.9 Å². The molecule has 5 rings (SSSR count). The van der Waals surface area contributed by atoms with Crippen LogP contribution < -0.4 is 16.4 Å². The van der Waals surface area contributed by atoms with Gasteiger partial charge >= 0.3 is 0 Å². The van der Waals surface area contributed by atoms with Crippen LogP contribution in [0.15, 0.2) is 28.4 Å². The fourth-order valence-corrected chi connectivity index (χ4v) is 5.53.